The fraction of sp³-hybridized carbons (Fsp3) is 0.227. The highest BCUT2D eigenvalue weighted by Gasteiger charge is 2.32. The first-order valence-electron chi connectivity index (χ1n) is 9.41. The Labute approximate surface area is 193 Å². The molecule has 2 amide bonds. The van der Waals surface area contributed by atoms with Crippen molar-refractivity contribution in [3.63, 3.8) is 0 Å². The van der Waals surface area contributed by atoms with E-state index in [4.69, 9.17) is 12.2 Å². The minimum Gasteiger partial charge on any atom is -0.395 e. The fourth-order valence-electron chi connectivity index (χ4n) is 3.02. The molecule has 0 spiro atoms. The molecule has 0 aromatic heterocycles. The lowest BCUT2D eigenvalue weighted by Gasteiger charge is -2.23. The molecule has 5 nitrogen and oxygen atoms in total. The molecule has 3 rings (SSSR count). The molecule has 1 N–H and O–H groups in total. The van der Waals surface area contributed by atoms with Crippen molar-refractivity contribution in [1.29, 1.82) is 0 Å². The third-order valence-electron chi connectivity index (χ3n) is 4.51. The molecule has 0 unspecified atom stereocenters. The summed E-state index contributed by atoms with van der Waals surface area (Å²) in [6, 6.07) is 17.3. The molecule has 1 aliphatic rings. The van der Waals surface area contributed by atoms with Crippen molar-refractivity contribution < 1.29 is 14.7 Å². The van der Waals surface area contributed by atoms with Gasteiger partial charge in [0.05, 0.1) is 11.5 Å². The summed E-state index contributed by atoms with van der Waals surface area (Å²) in [4.78, 5) is 29.1. The molecule has 0 aliphatic carbocycles. The predicted octanol–water partition coefficient (Wildman–Crippen LogP) is 4.06. The SMILES string of the molecule is O=C(CCN1C(=O)/C(=C/c2cccc(Br)c2)SC1=S)N(CCO)Cc1ccccc1. The maximum Gasteiger partial charge on any atom is 0.266 e. The van der Waals surface area contributed by atoms with Crippen LogP contribution in [0, 0.1) is 0 Å². The zero-order valence-corrected chi connectivity index (χ0v) is 19.4. The number of nitrogens with zero attached hydrogens (tertiary/aromatic N) is 2. The second-order valence-electron chi connectivity index (χ2n) is 6.66. The fourth-order valence-corrected chi connectivity index (χ4v) is 4.75. The number of aliphatic hydroxyl groups excluding tert-OH is 1. The maximum absolute atomic E-state index is 12.8. The molecule has 30 heavy (non-hydrogen) atoms. The van der Waals surface area contributed by atoms with Crippen LogP contribution in [0.25, 0.3) is 6.08 Å². The second kappa shape index (κ2) is 10.9. The largest absolute Gasteiger partial charge is 0.395 e. The lowest BCUT2D eigenvalue weighted by Crippen LogP contribution is -2.37. The zero-order chi connectivity index (χ0) is 21.5. The molecule has 1 heterocycles. The molecule has 0 radical (unpaired) electrons. The molecule has 0 saturated carbocycles. The Hall–Kier alpha value is -2.00. The van der Waals surface area contributed by atoms with Gasteiger partial charge in [0.15, 0.2) is 0 Å². The summed E-state index contributed by atoms with van der Waals surface area (Å²) >= 11 is 10.0. The van der Waals surface area contributed by atoms with Gasteiger partial charge in [0.2, 0.25) is 5.91 Å². The van der Waals surface area contributed by atoms with Gasteiger partial charge in [-0.1, -0.05) is 82.4 Å². The molecular weight excluding hydrogens is 484 g/mol. The molecule has 2 aromatic rings. The Bertz CT molecular complexity index is 966. The smallest absolute Gasteiger partial charge is 0.266 e. The highest BCUT2D eigenvalue weighted by atomic mass is 79.9. The number of aliphatic hydroxyl groups is 1. The van der Waals surface area contributed by atoms with Crippen LogP contribution < -0.4 is 0 Å². The topological polar surface area (TPSA) is 60.9 Å². The number of carbonyl (C=O) groups excluding carboxylic acids is 2. The summed E-state index contributed by atoms with van der Waals surface area (Å²) in [5.74, 6) is -0.313. The van der Waals surface area contributed by atoms with Crippen LogP contribution in [0.3, 0.4) is 0 Å². The molecule has 0 bridgehead atoms. The molecule has 1 fully saturated rings. The highest BCUT2D eigenvalue weighted by molar-refractivity contribution is 9.10. The molecule has 2 aromatic carbocycles. The summed E-state index contributed by atoms with van der Waals surface area (Å²) in [5, 5.41) is 9.33. The third-order valence-corrected chi connectivity index (χ3v) is 6.38. The molecule has 1 aliphatic heterocycles. The van der Waals surface area contributed by atoms with E-state index in [0.717, 1.165) is 15.6 Å². The van der Waals surface area contributed by atoms with Crippen molar-refractivity contribution in [3.05, 3.63) is 75.1 Å². The molecule has 0 atom stereocenters. The normalized spacial score (nSPS) is 15.1. The van der Waals surface area contributed by atoms with Gasteiger partial charge in [-0.05, 0) is 29.3 Å². The number of hydrogen-bond acceptors (Lipinski definition) is 5. The van der Waals surface area contributed by atoms with Crippen LogP contribution in [0.1, 0.15) is 17.5 Å². The van der Waals surface area contributed by atoms with E-state index < -0.39 is 0 Å². The first kappa shape index (κ1) is 22.7. The van der Waals surface area contributed by atoms with Gasteiger partial charge in [0, 0.05) is 30.5 Å². The monoisotopic (exact) mass is 504 g/mol. The average molecular weight is 505 g/mol. The first-order chi connectivity index (χ1) is 14.5. The van der Waals surface area contributed by atoms with E-state index in [1.54, 1.807) is 11.0 Å². The lowest BCUT2D eigenvalue weighted by molar-refractivity contribution is -0.132. The van der Waals surface area contributed by atoms with Crippen LogP contribution in [0.15, 0.2) is 64.0 Å². The molecular formula is C22H21BrN2O3S2. The predicted molar refractivity (Wildman–Crippen MR) is 128 cm³/mol. The number of thioether (sulfide) groups is 1. The van der Waals surface area contributed by atoms with E-state index in [1.165, 1.54) is 16.7 Å². The van der Waals surface area contributed by atoms with Gasteiger partial charge < -0.3 is 10.0 Å². The van der Waals surface area contributed by atoms with Crippen molar-refractivity contribution >= 4 is 62.1 Å². The van der Waals surface area contributed by atoms with Crippen molar-refractivity contribution in [2.75, 3.05) is 19.7 Å². The summed E-state index contributed by atoms with van der Waals surface area (Å²) in [6.45, 7) is 0.765. The van der Waals surface area contributed by atoms with E-state index in [1.807, 2.05) is 54.6 Å². The number of thiocarbonyl (C=S) groups is 1. The summed E-state index contributed by atoms with van der Waals surface area (Å²) in [7, 11) is 0. The quantitative estimate of drug-likeness (QED) is 0.433. The van der Waals surface area contributed by atoms with E-state index in [9.17, 15) is 14.7 Å². The van der Waals surface area contributed by atoms with Gasteiger partial charge in [-0.25, -0.2) is 0 Å². The van der Waals surface area contributed by atoms with Crippen LogP contribution in [-0.4, -0.2) is 50.7 Å². The Morgan fingerprint density at radius 1 is 1.20 bits per heavy atom. The van der Waals surface area contributed by atoms with E-state index in [-0.39, 0.29) is 37.9 Å². The summed E-state index contributed by atoms with van der Waals surface area (Å²) < 4.78 is 1.38. The third kappa shape index (κ3) is 6.01. The number of carbonyl (C=O) groups is 2. The van der Waals surface area contributed by atoms with Crippen LogP contribution in [0.4, 0.5) is 0 Å². The average Bonchev–Trinajstić information content (AvgIpc) is 2.99. The van der Waals surface area contributed by atoms with E-state index in [2.05, 4.69) is 15.9 Å². The number of hydrogen-bond donors (Lipinski definition) is 1. The van der Waals surface area contributed by atoms with Gasteiger partial charge in [-0.2, -0.15) is 0 Å². The zero-order valence-electron chi connectivity index (χ0n) is 16.2. The second-order valence-corrected chi connectivity index (χ2v) is 9.25. The van der Waals surface area contributed by atoms with Crippen molar-refractivity contribution in [3.8, 4) is 0 Å². The molecule has 1 saturated heterocycles. The first-order valence-corrected chi connectivity index (χ1v) is 11.4. The van der Waals surface area contributed by atoms with Crippen LogP contribution in [0.5, 0.6) is 0 Å². The van der Waals surface area contributed by atoms with Crippen molar-refractivity contribution in [2.45, 2.75) is 13.0 Å². The summed E-state index contributed by atoms with van der Waals surface area (Å²) in [6.07, 6.45) is 1.95. The molecule has 156 valence electrons. The van der Waals surface area contributed by atoms with Gasteiger partial charge in [0.1, 0.15) is 4.32 Å². The number of benzene rings is 2. The van der Waals surface area contributed by atoms with Crippen LogP contribution >= 0.6 is 39.9 Å². The van der Waals surface area contributed by atoms with Crippen molar-refractivity contribution in [2.24, 2.45) is 0 Å². The van der Waals surface area contributed by atoms with E-state index in [0.29, 0.717) is 15.8 Å². The van der Waals surface area contributed by atoms with Gasteiger partial charge in [-0.15, -0.1) is 0 Å². The minimum atomic E-state index is -0.186. The Balaban J connectivity index is 1.63. The summed E-state index contributed by atoms with van der Waals surface area (Å²) in [5.41, 5.74) is 1.89. The number of halogens is 1. The highest BCUT2D eigenvalue weighted by Crippen LogP contribution is 2.33. The lowest BCUT2D eigenvalue weighted by atomic mass is 10.2. The number of rotatable bonds is 8. The van der Waals surface area contributed by atoms with Gasteiger partial charge in [0.25, 0.3) is 5.91 Å². The Morgan fingerprint density at radius 2 is 1.97 bits per heavy atom. The van der Waals surface area contributed by atoms with E-state index >= 15 is 0 Å². The molecule has 8 heteroatoms. The standard InChI is InChI=1S/C22H21BrN2O3S2/c23-18-8-4-7-17(13-18)14-19-21(28)25(22(29)30-19)10-9-20(27)24(11-12-26)15-16-5-2-1-3-6-16/h1-8,13-14,26H,9-12,15H2/b19-14-. The van der Waals surface area contributed by atoms with Crippen molar-refractivity contribution in [1.82, 2.24) is 9.80 Å². The Kier molecular flexibility index (Phi) is 8.21. The minimum absolute atomic E-state index is 0.116. The number of amides is 2. The maximum atomic E-state index is 12.8. The van der Waals surface area contributed by atoms with Crippen LogP contribution in [0.2, 0.25) is 0 Å². The van der Waals surface area contributed by atoms with Gasteiger partial charge in [-0.3, -0.25) is 14.5 Å². The van der Waals surface area contributed by atoms with Crippen LogP contribution in [-0.2, 0) is 16.1 Å². The van der Waals surface area contributed by atoms with Gasteiger partial charge >= 0.3 is 0 Å². The Morgan fingerprint density at radius 3 is 2.67 bits per heavy atom.